The Morgan fingerprint density at radius 1 is 1.16 bits per heavy atom. The van der Waals surface area contributed by atoms with Crippen molar-refractivity contribution in [1.29, 1.82) is 0 Å². The van der Waals surface area contributed by atoms with Crippen LogP contribution in [0.1, 0.15) is 28.7 Å². The largest absolute Gasteiger partial charge is 0.488 e. The van der Waals surface area contributed by atoms with Gasteiger partial charge in [0.2, 0.25) is 0 Å². The van der Waals surface area contributed by atoms with Gasteiger partial charge in [-0.15, -0.1) is 5.16 Å². The van der Waals surface area contributed by atoms with Gasteiger partial charge in [-0.3, -0.25) is 0 Å². The molecule has 4 nitrogen and oxygen atoms in total. The molecule has 1 N–H and O–H groups in total. The minimum Gasteiger partial charge on any atom is -0.488 e. The molecule has 0 aromatic heterocycles. The molecule has 4 heteroatoms. The number of benzene rings is 2. The predicted molar refractivity (Wildman–Crippen MR) is 101 cm³/mol. The number of hydrogen-bond donors (Lipinski definition) is 1. The Kier molecular flexibility index (Phi) is 5.51. The van der Waals surface area contributed by atoms with Crippen LogP contribution in [0, 0.1) is 0 Å². The van der Waals surface area contributed by atoms with Gasteiger partial charge in [-0.1, -0.05) is 36.4 Å². The number of fused-ring (bicyclic) bond motifs is 2. The topological polar surface area (TPSA) is 45.1 Å². The molecule has 0 saturated carbocycles. The summed E-state index contributed by atoms with van der Waals surface area (Å²) in [5.41, 5.74) is 5.85. The first-order valence-electron chi connectivity index (χ1n) is 8.54. The van der Waals surface area contributed by atoms with Gasteiger partial charge in [0.05, 0.1) is 0 Å². The molecular formula is C21H24N2O2. The third-order valence-electron chi connectivity index (χ3n) is 4.36. The number of nitrogens with zero attached hydrogens (tertiary/aromatic N) is 2. The van der Waals surface area contributed by atoms with E-state index in [1.807, 2.05) is 12.1 Å². The van der Waals surface area contributed by atoms with E-state index in [9.17, 15) is 0 Å². The van der Waals surface area contributed by atoms with Gasteiger partial charge < -0.3 is 14.8 Å². The molecule has 0 radical (unpaired) electrons. The van der Waals surface area contributed by atoms with Crippen LogP contribution in [0.5, 0.6) is 5.75 Å². The Morgan fingerprint density at radius 3 is 2.80 bits per heavy atom. The molecule has 130 valence electrons. The molecule has 0 bridgehead atoms. The van der Waals surface area contributed by atoms with Crippen LogP contribution in [-0.4, -0.2) is 37.0 Å². The van der Waals surface area contributed by atoms with Crippen LogP contribution in [0.2, 0.25) is 0 Å². The van der Waals surface area contributed by atoms with Crippen molar-refractivity contribution in [3.05, 3.63) is 70.8 Å². The third kappa shape index (κ3) is 4.09. The monoisotopic (exact) mass is 336 g/mol. The smallest absolute Gasteiger partial charge is 0.127 e. The van der Waals surface area contributed by atoms with Crippen molar-refractivity contribution in [1.82, 2.24) is 4.90 Å². The highest BCUT2D eigenvalue weighted by molar-refractivity contribution is 5.85. The molecule has 0 amide bonds. The van der Waals surface area contributed by atoms with Gasteiger partial charge in [0.1, 0.15) is 12.4 Å². The summed E-state index contributed by atoms with van der Waals surface area (Å²) < 4.78 is 6.06. The summed E-state index contributed by atoms with van der Waals surface area (Å²) in [4.78, 5) is 2.19. The summed E-state index contributed by atoms with van der Waals surface area (Å²) in [6.07, 6.45) is 5.37. The maximum Gasteiger partial charge on any atom is 0.127 e. The molecule has 0 saturated heterocycles. The lowest BCUT2D eigenvalue weighted by atomic mass is 9.92. The van der Waals surface area contributed by atoms with Gasteiger partial charge in [0.25, 0.3) is 0 Å². The Morgan fingerprint density at radius 2 is 2.00 bits per heavy atom. The predicted octanol–water partition coefficient (Wildman–Crippen LogP) is 3.96. The minimum absolute atomic E-state index is 0.575. The molecule has 0 aliphatic carbocycles. The second-order valence-corrected chi connectivity index (χ2v) is 6.49. The Labute approximate surface area is 149 Å². The summed E-state index contributed by atoms with van der Waals surface area (Å²) in [5.74, 6) is 0.900. The van der Waals surface area contributed by atoms with E-state index in [1.54, 1.807) is 0 Å². The van der Waals surface area contributed by atoms with Gasteiger partial charge in [0, 0.05) is 24.7 Å². The van der Waals surface area contributed by atoms with Crippen LogP contribution in [-0.2, 0) is 13.0 Å². The van der Waals surface area contributed by atoms with Gasteiger partial charge in [0.15, 0.2) is 0 Å². The fraction of sp³-hybridized carbons (Fsp3) is 0.286. The van der Waals surface area contributed by atoms with E-state index in [-0.39, 0.29) is 0 Å². The highest BCUT2D eigenvalue weighted by atomic mass is 16.5. The average Bonchev–Trinajstić information content (AvgIpc) is 2.77. The minimum atomic E-state index is 0.575. The first-order chi connectivity index (χ1) is 12.2. The van der Waals surface area contributed by atoms with Crippen molar-refractivity contribution in [2.75, 3.05) is 20.6 Å². The van der Waals surface area contributed by atoms with Crippen molar-refractivity contribution in [3.63, 3.8) is 0 Å². The quantitative estimate of drug-likeness (QED) is 0.510. The zero-order valence-corrected chi connectivity index (χ0v) is 14.8. The number of ether oxygens (including phenoxy) is 1. The lowest BCUT2D eigenvalue weighted by Crippen LogP contribution is -2.12. The first-order valence-corrected chi connectivity index (χ1v) is 8.54. The van der Waals surface area contributed by atoms with Gasteiger partial charge in [-0.2, -0.15) is 0 Å². The van der Waals surface area contributed by atoms with E-state index in [1.165, 1.54) is 22.9 Å². The molecule has 0 atom stereocenters. The molecule has 0 spiro atoms. The Bertz CT molecular complexity index is 794. The Hall–Kier alpha value is -2.59. The summed E-state index contributed by atoms with van der Waals surface area (Å²) >= 11 is 0. The van der Waals surface area contributed by atoms with Crippen molar-refractivity contribution >= 4 is 11.8 Å². The zero-order chi connectivity index (χ0) is 17.6. The third-order valence-corrected chi connectivity index (χ3v) is 4.36. The van der Waals surface area contributed by atoms with Crippen molar-refractivity contribution in [3.8, 4) is 5.75 Å². The second-order valence-electron chi connectivity index (χ2n) is 6.49. The van der Waals surface area contributed by atoms with Crippen LogP contribution in [0.25, 0.3) is 5.57 Å². The number of oxime groups is 1. The van der Waals surface area contributed by atoms with Crippen molar-refractivity contribution in [2.45, 2.75) is 19.4 Å². The SMILES string of the molecule is CN(C)CCC=C1c2ccccc2COc2ccc(C/C=N\O)cc21. The summed E-state index contributed by atoms with van der Waals surface area (Å²) in [6, 6.07) is 14.6. The normalized spacial score (nSPS) is 15.1. The number of rotatable bonds is 5. The molecule has 1 aliphatic rings. The molecule has 3 rings (SSSR count). The molecule has 2 aromatic rings. The Balaban J connectivity index is 2.06. The van der Waals surface area contributed by atoms with E-state index in [4.69, 9.17) is 9.94 Å². The van der Waals surface area contributed by atoms with E-state index < -0.39 is 0 Å². The molecule has 1 heterocycles. The van der Waals surface area contributed by atoms with Crippen LogP contribution in [0.15, 0.2) is 53.7 Å². The lowest BCUT2D eigenvalue weighted by Gasteiger charge is -2.13. The highest BCUT2D eigenvalue weighted by Gasteiger charge is 2.19. The van der Waals surface area contributed by atoms with Gasteiger partial charge in [-0.05, 0) is 54.9 Å². The summed E-state index contributed by atoms with van der Waals surface area (Å²) in [7, 11) is 4.17. The molecule has 2 aromatic carbocycles. The molecule has 1 aliphatic heterocycles. The average molecular weight is 336 g/mol. The summed E-state index contributed by atoms with van der Waals surface area (Å²) in [5, 5.41) is 11.8. The second kappa shape index (κ2) is 7.99. The number of hydrogen-bond acceptors (Lipinski definition) is 4. The first kappa shape index (κ1) is 17.2. The highest BCUT2D eigenvalue weighted by Crippen LogP contribution is 2.37. The lowest BCUT2D eigenvalue weighted by molar-refractivity contribution is 0.307. The fourth-order valence-corrected chi connectivity index (χ4v) is 3.08. The van der Waals surface area contributed by atoms with Gasteiger partial charge >= 0.3 is 0 Å². The van der Waals surface area contributed by atoms with Crippen LogP contribution >= 0.6 is 0 Å². The van der Waals surface area contributed by atoms with Crippen LogP contribution in [0.4, 0.5) is 0 Å². The van der Waals surface area contributed by atoms with Crippen LogP contribution in [0.3, 0.4) is 0 Å². The van der Waals surface area contributed by atoms with Crippen molar-refractivity contribution < 1.29 is 9.94 Å². The van der Waals surface area contributed by atoms with Gasteiger partial charge in [-0.25, -0.2) is 0 Å². The fourth-order valence-electron chi connectivity index (χ4n) is 3.08. The maximum absolute atomic E-state index is 8.69. The van der Waals surface area contributed by atoms with E-state index >= 15 is 0 Å². The summed E-state index contributed by atoms with van der Waals surface area (Å²) in [6.45, 7) is 1.57. The standard InChI is InChI=1S/C21H24N2O2/c1-23(2)13-5-8-19-18-7-4-3-6-17(18)15-25-21-10-9-16(11-12-22-24)14-20(19)21/h3-4,6-10,12,14,24H,5,11,13,15H2,1-2H3/b19-8?,22-12-. The van der Waals surface area contributed by atoms with E-state index in [2.05, 4.69) is 60.6 Å². The molecule has 0 unspecified atom stereocenters. The van der Waals surface area contributed by atoms with E-state index in [0.717, 1.165) is 29.8 Å². The van der Waals surface area contributed by atoms with Crippen molar-refractivity contribution in [2.24, 2.45) is 5.16 Å². The maximum atomic E-state index is 8.69. The molecule has 25 heavy (non-hydrogen) atoms. The molecule has 0 fully saturated rings. The van der Waals surface area contributed by atoms with E-state index in [0.29, 0.717) is 13.0 Å². The molecular weight excluding hydrogens is 312 g/mol. The zero-order valence-electron chi connectivity index (χ0n) is 14.8. The van der Waals surface area contributed by atoms with Crippen LogP contribution < -0.4 is 4.74 Å².